The fraction of sp³-hybridized carbons (Fsp3) is 0.250. The van der Waals surface area contributed by atoms with Crippen LogP contribution < -0.4 is 0 Å². The lowest BCUT2D eigenvalue weighted by molar-refractivity contribution is 0.0603. The first-order valence-electron chi connectivity index (χ1n) is 4.94. The number of nitrogens with zero attached hydrogens (tertiary/aromatic N) is 1. The predicted octanol–water partition coefficient (Wildman–Crippen LogP) is 2.45. The van der Waals surface area contributed by atoms with Gasteiger partial charge in [0.1, 0.15) is 0 Å². The van der Waals surface area contributed by atoms with E-state index >= 15 is 0 Å². The second kappa shape index (κ2) is 3.77. The molecule has 1 aromatic heterocycles. The van der Waals surface area contributed by atoms with Crippen molar-refractivity contribution >= 4 is 16.9 Å². The number of para-hydroxylation sites is 1. The average Bonchev–Trinajstić information content (AvgIpc) is 2.67. The van der Waals surface area contributed by atoms with E-state index in [1.165, 1.54) is 7.11 Å². The molecule has 0 saturated heterocycles. The molecule has 78 valence electrons. The Balaban J connectivity index is 2.70. The maximum atomic E-state index is 11.5. The van der Waals surface area contributed by atoms with Gasteiger partial charge < -0.3 is 9.30 Å². The van der Waals surface area contributed by atoms with Crippen LogP contribution in [0.25, 0.3) is 10.9 Å². The van der Waals surface area contributed by atoms with Crippen molar-refractivity contribution in [1.82, 2.24) is 4.57 Å². The van der Waals surface area contributed by atoms with Gasteiger partial charge in [-0.05, 0) is 13.0 Å². The Morgan fingerprint density at radius 3 is 2.80 bits per heavy atom. The summed E-state index contributed by atoms with van der Waals surface area (Å²) < 4.78 is 6.79. The summed E-state index contributed by atoms with van der Waals surface area (Å²) in [4.78, 5) is 11.5. The first-order chi connectivity index (χ1) is 7.27. The molecule has 0 aliphatic carbocycles. The smallest absolute Gasteiger partial charge is 0.340 e. The van der Waals surface area contributed by atoms with Crippen molar-refractivity contribution in [3.8, 4) is 0 Å². The molecule has 1 heterocycles. The standard InChI is InChI=1S/C12H13NO2/c1-3-13-8-10(12(14)15-2)9-6-4-5-7-11(9)13/h4-8H,3H2,1-2H3. The van der Waals surface area contributed by atoms with E-state index in [0.717, 1.165) is 17.4 Å². The van der Waals surface area contributed by atoms with Crippen molar-refractivity contribution in [1.29, 1.82) is 0 Å². The molecular formula is C12H13NO2. The maximum absolute atomic E-state index is 11.5. The van der Waals surface area contributed by atoms with Gasteiger partial charge in [0.2, 0.25) is 0 Å². The zero-order valence-corrected chi connectivity index (χ0v) is 8.86. The van der Waals surface area contributed by atoms with Crippen molar-refractivity contribution in [2.75, 3.05) is 7.11 Å². The number of benzene rings is 1. The molecule has 2 rings (SSSR count). The van der Waals surface area contributed by atoms with Crippen LogP contribution in [0.1, 0.15) is 17.3 Å². The number of aryl methyl sites for hydroxylation is 1. The summed E-state index contributed by atoms with van der Waals surface area (Å²) in [5, 5.41) is 0.950. The van der Waals surface area contributed by atoms with Gasteiger partial charge in [-0.2, -0.15) is 0 Å². The lowest BCUT2D eigenvalue weighted by atomic mass is 10.2. The normalized spacial score (nSPS) is 10.5. The SMILES string of the molecule is CCn1cc(C(=O)OC)c2ccccc21. The molecule has 2 aromatic rings. The van der Waals surface area contributed by atoms with Crippen molar-refractivity contribution in [3.05, 3.63) is 36.0 Å². The minimum atomic E-state index is -0.279. The maximum Gasteiger partial charge on any atom is 0.340 e. The molecule has 0 bridgehead atoms. The van der Waals surface area contributed by atoms with Gasteiger partial charge in [-0.1, -0.05) is 18.2 Å². The molecule has 1 aromatic carbocycles. The Morgan fingerprint density at radius 2 is 2.13 bits per heavy atom. The highest BCUT2D eigenvalue weighted by molar-refractivity contribution is 6.04. The summed E-state index contributed by atoms with van der Waals surface area (Å²) in [5.41, 5.74) is 1.70. The van der Waals surface area contributed by atoms with Gasteiger partial charge in [0.15, 0.2) is 0 Å². The molecule has 0 unspecified atom stereocenters. The van der Waals surface area contributed by atoms with Gasteiger partial charge in [0.05, 0.1) is 12.7 Å². The number of ether oxygens (including phenoxy) is 1. The van der Waals surface area contributed by atoms with Gasteiger partial charge in [-0.3, -0.25) is 0 Å². The summed E-state index contributed by atoms with van der Waals surface area (Å²) in [7, 11) is 1.40. The Bertz CT molecular complexity index is 499. The van der Waals surface area contributed by atoms with Gasteiger partial charge in [-0.25, -0.2) is 4.79 Å². The minimum absolute atomic E-state index is 0.279. The third-order valence-electron chi connectivity index (χ3n) is 2.53. The summed E-state index contributed by atoms with van der Waals surface area (Å²) in [6.07, 6.45) is 1.84. The Kier molecular flexibility index (Phi) is 2.46. The molecule has 0 radical (unpaired) electrons. The fourth-order valence-electron chi connectivity index (χ4n) is 1.78. The summed E-state index contributed by atoms with van der Waals surface area (Å²) >= 11 is 0. The van der Waals surface area contributed by atoms with Crippen molar-refractivity contribution in [3.63, 3.8) is 0 Å². The monoisotopic (exact) mass is 203 g/mol. The number of aromatic nitrogens is 1. The van der Waals surface area contributed by atoms with E-state index in [-0.39, 0.29) is 5.97 Å². The number of hydrogen-bond acceptors (Lipinski definition) is 2. The van der Waals surface area contributed by atoms with E-state index in [9.17, 15) is 4.79 Å². The number of carbonyl (C=O) groups is 1. The van der Waals surface area contributed by atoms with Crippen molar-refractivity contribution in [2.45, 2.75) is 13.5 Å². The van der Waals surface area contributed by atoms with Crippen molar-refractivity contribution < 1.29 is 9.53 Å². The Labute approximate surface area is 88.3 Å². The molecule has 15 heavy (non-hydrogen) atoms. The number of rotatable bonds is 2. The number of methoxy groups -OCH3 is 1. The van der Waals surface area contributed by atoms with Crippen LogP contribution in [-0.2, 0) is 11.3 Å². The van der Waals surface area contributed by atoms with E-state index in [1.807, 2.05) is 42.0 Å². The first kappa shape index (κ1) is 9.77. The number of hydrogen-bond donors (Lipinski definition) is 0. The highest BCUT2D eigenvalue weighted by Gasteiger charge is 2.13. The van der Waals surface area contributed by atoms with Gasteiger partial charge >= 0.3 is 5.97 Å². The Morgan fingerprint density at radius 1 is 1.40 bits per heavy atom. The molecule has 0 aliphatic rings. The van der Waals surface area contributed by atoms with E-state index in [1.54, 1.807) is 0 Å². The molecule has 0 N–H and O–H groups in total. The third-order valence-corrected chi connectivity index (χ3v) is 2.53. The molecular weight excluding hydrogens is 190 g/mol. The van der Waals surface area contributed by atoms with Crippen LogP contribution in [0.4, 0.5) is 0 Å². The second-order valence-corrected chi connectivity index (χ2v) is 3.34. The second-order valence-electron chi connectivity index (χ2n) is 3.34. The molecule has 3 nitrogen and oxygen atoms in total. The van der Waals surface area contributed by atoms with E-state index in [2.05, 4.69) is 0 Å². The van der Waals surface area contributed by atoms with Crippen LogP contribution >= 0.6 is 0 Å². The number of carbonyl (C=O) groups excluding carboxylic acids is 1. The minimum Gasteiger partial charge on any atom is -0.465 e. The summed E-state index contributed by atoms with van der Waals surface area (Å²) in [5.74, 6) is -0.279. The lowest BCUT2D eigenvalue weighted by Crippen LogP contribution is -1.99. The first-order valence-corrected chi connectivity index (χ1v) is 4.94. The molecule has 0 saturated carbocycles. The topological polar surface area (TPSA) is 31.2 Å². The molecule has 0 fully saturated rings. The van der Waals surface area contributed by atoms with Gasteiger partial charge in [-0.15, -0.1) is 0 Å². The van der Waals surface area contributed by atoms with Crippen LogP contribution in [0.15, 0.2) is 30.5 Å². The van der Waals surface area contributed by atoms with Crippen LogP contribution in [0.5, 0.6) is 0 Å². The molecule has 0 amide bonds. The lowest BCUT2D eigenvalue weighted by Gasteiger charge is -1.97. The highest BCUT2D eigenvalue weighted by Crippen LogP contribution is 2.21. The summed E-state index contributed by atoms with van der Waals surface area (Å²) in [6.45, 7) is 2.89. The number of esters is 1. The molecule has 0 atom stereocenters. The van der Waals surface area contributed by atoms with E-state index < -0.39 is 0 Å². The van der Waals surface area contributed by atoms with Crippen LogP contribution in [0.2, 0.25) is 0 Å². The molecule has 0 aliphatic heterocycles. The predicted molar refractivity (Wildman–Crippen MR) is 59.0 cm³/mol. The van der Waals surface area contributed by atoms with E-state index in [4.69, 9.17) is 4.74 Å². The zero-order chi connectivity index (χ0) is 10.8. The summed E-state index contributed by atoms with van der Waals surface area (Å²) in [6, 6.07) is 7.84. The van der Waals surface area contributed by atoms with Gasteiger partial charge in [0.25, 0.3) is 0 Å². The largest absolute Gasteiger partial charge is 0.465 e. The van der Waals surface area contributed by atoms with Crippen LogP contribution in [-0.4, -0.2) is 17.6 Å². The Hall–Kier alpha value is -1.77. The van der Waals surface area contributed by atoms with Crippen LogP contribution in [0.3, 0.4) is 0 Å². The zero-order valence-electron chi connectivity index (χ0n) is 8.86. The fourth-order valence-corrected chi connectivity index (χ4v) is 1.78. The van der Waals surface area contributed by atoms with Crippen LogP contribution in [0, 0.1) is 0 Å². The van der Waals surface area contributed by atoms with Crippen molar-refractivity contribution in [2.24, 2.45) is 0 Å². The number of fused-ring (bicyclic) bond motifs is 1. The van der Waals surface area contributed by atoms with Gasteiger partial charge in [0, 0.05) is 23.6 Å². The van der Waals surface area contributed by atoms with E-state index in [0.29, 0.717) is 5.56 Å². The molecule has 0 spiro atoms. The average molecular weight is 203 g/mol. The highest BCUT2D eigenvalue weighted by atomic mass is 16.5. The third kappa shape index (κ3) is 1.50. The molecule has 3 heteroatoms. The quantitative estimate of drug-likeness (QED) is 0.702.